The van der Waals surface area contributed by atoms with Gasteiger partial charge in [0.2, 0.25) is 29.5 Å². The van der Waals surface area contributed by atoms with E-state index in [4.69, 9.17) is 16.2 Å². The standard InChI is InChI=1S/C39H63N7O10/c1-20(2)29(32(41)49)44-36(53)30(21(3)4)45-34(51)26-17-13-16-25(26)31(48)28(18-24-14-11-10-12-15-24)43-33(50)23(6)46(38(55)56-39(7,8)9)37(54)22(5)42-35(52)27(40)19-47/h10-12,14-15,20-23,25-31,47-48H,13,16-19,40H2,1-9H3,(H2,41,49)(H,42,52)(H,43,50)(H,44,53)(H,45,51)/t22-,23-,25?,26?,27-,28?,29-,30-,31?/m0/s1. The summed E-state index contributed by atoms with van der Waals surface area (Å²) in [5, 5.41) is 31.9. The molecule has 4 unspecified atom stereocenters. The maximum Gasteiger partial charge on any atom is 0.417 e. The number of amides is 7. The van der Waals surface area contributed by atoms with Gasteiger partial charge in [-0.2, -0.15) is 0 Å². The average Bonchev–Trinajstić information content (AvgIpc) is 3.61. The maximum absolute atomic E-state index is 14.1. The Kier molecular flexibility index (Phi) is 17.9. The predicted molar refractivity (Wildman–Crippen MR) is 207 cm³/mol. The van der Waals surface area contributed by atoms with E-state index >= 15 is 0 Å². The lowest BCUT2D eigenvalue weighted by Gasteiger charge is -2.35. The first-order valence-electron chi connectivity index (χ1n) is 19.2. The smallest absolute Gasteiger partial charge is 0.417 e. The van der Waals surface area contributed by atoms with E-state index in [0.29, 0.717) is 24.2 Å². The Hall–Kier alpha value is -4.61. The summed E-state index contributed by atoms with van der Waals surface area (Å²) in [6.07, 6.45) is -0.977. The van der Waals surface area contributed by atoms with Crippen LogP contribution in [0.3, 0.4) is 0 Å². The van der Waals surface area contributed by atoms with Crippen LogP contribution in [0, 0.1) is 23.7 Å². The van der Waals surface area contributed by atoms with E-state index in [1.54, 1.807) is 78.8 Å². The highest BCUT2D eigenvalue weighted by Gasteiger charge is 2.44. The minimum Gasteiger partial charge on any atom is -0.443 e. The van der Waals surface area contributed by atoms with Gasteiger partial charge in [0.15, 0.2) is 0 Å². The largest absolute Gasteiger partial charge is 0.443 e. The van der Waals surface area contributed by atoms with Crippen LogP contribution < -0.4 is 32.7 Å². The van der Waals surface area contributed by atoms with Gasteiger partial charge in [-0.3, -0.25) is 28.8 Å². The van der Waals surface area contributed by atoms with Gasteiger partial charge in [-0.25, -0.2) is 9.69 Å². The molecule has 1 aromatic rings. The van der Waals surface area contributed by atoms with Crippen molar-refractivity contribution in [1.82, 2.24) is 26.2 Å². The number of benzene rings is 1. The van der Waals surface area contributed by atoms with Gasteiger partial charge in [-0.1, -0.05) is 64.4 Å². The van der Waals surface area contributed by atoms with Crippen molar-refractivity contribution in [3.05, 3.63) is 35.9 Å². The number of primary amides is 1. The summed E-state index contributed by atoms with van der Waals surface area (Å²) >= 11 is 0. The van der Waals surface area contributed by atoms with Gasteiger partial charge >= 0.3 is 6.09 Å². The predicted octanol–water partition coefficient (Wildman–Crippen LogP) is 0.235. The van der Waals surface area contributed by atoms with Crippen LogP contribution in [0.2, 0.25) is 0 Å². The molecule has 17 nitrogen and oxygen atoms in total. The molecular formula is C39H63N7O10. The lowest BCUT2D eigenvalue weighted by Crippen LogP contribution is -2.60. The SMILES string of the molecule is CC(C)[C@H](NC(=O)[C@@H](NC(=O)C1CCCC1C(O)C(Cc1ccccc1)NC(=O)[C@H](C)N(C(=O)OC(C)(C)C)C(=O)[C@H](C)NC(=O)[C@@H](N)CO)C(C)C)C(N)=O. The van der Waals surface area contributed by atoms with E-state index in [0.717, 1.165) is 5.56 Å². The van der Waals surface area contributed by atoms with Crippen molar-refractivity contribution in [2.45, 2.75) is 136 Å². The summed E-state index contributed by atoms with van der Waals surface area (Å²) < 4.78 is 5.46. The van der Waals surface area contributed by atoms with Gasteiger partial charge in [-0.05, 0) is 77.2 Å². The zero-order valence-electron chi connectivity index (χ0n) is 34.0. The lowest BCUT2D eigenvalue weighted by molar-refractivity contribution is -0.142. The van der Waals surface area contributed by atoms with Crippen LogP contribution in [-0.2, 0) is 39.9 Å². The van der Waals surface area contributed by atoms with Gasteiger partial charge in [0.05, 0.1) is 18.8 Å². The number of hydrogen-bond donors (Lipinski definition) is 8. The second kappa shape index (κ2) is 21.1. The zero-order valence-corrected chi connectivity index (χ0v) is 34.0. The summed E-state index contributed by atoms with van der Waals surface area (Å²) in [7, 11) is 0. The van der Waals surface area contributed by atoms with Crippen LogP contribution in [0.4, 0.5) is 4.79 Å². The molecule has 7 amide bonds. The normalized spacial score (nSPS) is 19.4. The van der Waals surface area contributed by atoms with Crippen LogP contribution in [0.25, 0.3) is 0 Å². The van der Waals surface area contributed by atoms with Crippen LogP contribution in [-0.4, -0.2) is 111 Å². The topological polar surface area (TPSA) is 273 Å². The molecule has 1 fully saturated rings. The molecular weight excluding hydrogens is 726 g/mol. The van der Waals surface area contributed by atoms with Crippen LogP contribution in [0.1, 0.15) is 87.1 Å². The number of aliphatic hydroxyl groups is 2. The lowest BCUT2D eigenvalue weighted by atomic mass is 9.84. The molecule has 9 atom stereocenters. The Morgan fingerprint density at radius 3 is 1.95 bits per heavy atom. The Balaban J connectivity index is 2.42. The van der Waals surface area contributed by atoms with Gasteiger partial charge in [0.1, 0.15) is 35.8 Å². The first-order valence-corrected chi connectivity index (χ1v) is 19.2. The first-order chi connectivity index (χ1) is 26.0. The summed E-state index contributed by atoms with van der Waals surface area (Å²) in [6, 6.07) is 1.78. The van der Waals surface area contributed by atoms with Gasteiger partial charge in [-0.15, -0.1) is 0 Å². The highest BCUT2D eigenvalue weighted by Crippen LogP contribution is 2.36. The van der Waals surface area contributed by atoms with Gasteiger partial charge in [0, 0.05) is 5.92 Å². The Morgan fingerprint density at radius 1 is 0.839 bits per heavy atom. The molecule has 56 heavy (non-hydrogen) atoms. The number of rotatable bonds is 18. The van der Waals surface area contributed by atoms with Crippen molar-refractivity contribution in [1.29, 1.82) is 0 Å². The zero-order chi connectivity index (χ0) is 42.7. The van der Waals surface area contributed by atoms with Crippen molar-refractivity contribution in [2.24, 2.45) is 35.1 Å². The molecule has 1 aliphatic rings. The fourth-order valence-corrected chi connectivity index (χ4v) is 6.60. The number of carbonyl (C=O) groups is 7. The number of imide groups is 1. The van der Waals surface area contributed by atoms with Crippen LogP contribution in [0.15, 0.2) is 30.3 Å². The number of hydrogen-bond acceptors (Lipinski definition) is 11. The van der Waals surface area contributed by atoms with Crippen molar-refractivity contribution in [2.75, 3.05) is 6.61 Å². The number of ether oxygens (including phenoxy) is 1. The van der Waals surface area contributed by atoms with E-state index in [-0.39, 0.29) is 18.3 Å². The highest BCUT2D eigenvalue weighted by atomic mass is 16.6. The van der Waals surface area contributed by atoms with E-state index < -0.39 is 108 Å². The van der Waals surface area contributed by atoms with Crippen molar-refractivity contribution in [3.63, 3.8) is 0 Å². The summed E-state index contributed by atoms with van der Waals surface area (Å²) in [4.78, 5) is 93.3. The number of carbonyl (C=O) groups excluding carboxylic acids is 7. The van der Waals surface area contributed by atoms with Crippen molar-refractivity contribution < 1.29 is 48.5 Å². The Morgan fingerprint density at radius 2 is 1.43 bits per heavy atom. The summed E-state index contributed by atoms with van der Waals surface area (Å²) in [5.74, 6) is -6.51. The second-order valence-electron chi connectivity index (χ2n) is 16.2. The molecule has 2 rings (SSSR count). The molecule has 1 aromatic carbocycles. The molecule has 0 bridgehead atoms. The molecule has 0 spiro atoms. The molecule has 1 aliphatic carbocycles. The van der Waals surface area contributed by atoms with Crippen LogP contribution in [0.5, 0.6) is 0 Å². The first kappa shape index (κ1) is 47.5. The quantitative estimate of drug-likeness (QED) is 0.0998. The minimum absolute atomic E-state index is 0.109. The van der Waals surface area contributed by atoms with Gasteiger partial charge < -0.3 is 47.7 Å². The average molecular weight is 790 g/mol. The molecule has 10 N–H and O–H groups in total. The molecule has 1 saturated carbocycles. The number of nitrogens with two attached hydrogens (primary N) is 2. The van der Waals surface area contributed by atoms with Gasteiger partial charge in [0.25, 0.3) is 5.91 Å². The second-order valence-corrected chi connectivity index (χ2v) is 16.2. The fourth-order valence-electron chi connectivity index (χ4n) is 6.60. The molecule has 0 radical (unpaired) electrons. The molecule has 0 aromatic heterocycles. The molecule has 0 aliphatic heterocycles. The van der Waals surface area contributed by atoms with E-state index in [1.165, 1.54) is 13.8 Å². The highest BCUT2D eigenvalue weighted by molar-refractivity contribution is 6.01. The van der Waals surface area contributed by atoms with Crippen molar-refractivity contribution >= 4 is 41.5 Å². The van der Waals surface area contributed by atoms with E-state index in [2.05, 4.69) is 21.3 Å². The molecule has 314 valence electrons. The maximum atomic E-state index is 14.1. The summed E-state index contributed by atoms with van der Waals surface area (Å²) in [5.41, 5.74) is 10.7. The number of aliphatic hydroxyl groups excluding tert-OH is 2. The Bertz CT molecular complexity index is 1530. The van der Waals surface area contributed by atoms with E-state index in [9.17, 15) is 43.8 Å². The van der Waals surface area contributed by atoms with Crippen molar-refractivity contribution in [3.8, 4) is 0 Å². The van der Waals surface area contributed by atoms with Crippen LogP contribution >= 0.6 is 0 Å². The monoisotopic (exact) mass is 789 g/mol. The number of nitrogens with one attached hydrogen (secondary N) is 4. The molecule has 0 saturated heterocycles. The molecule has 0 heterocycles. The third-order valence-electron chi connectivity index (χ3n) is 9.76. The fraction of sp³-hybridized carbons (Fsp3) is 0.667. The Labute approximate surface area is 329 Å². The minimum atomic E-state index is -1.52. The summed E-state index contributed by atoms with van der Waals surface area (Å²) in [6.45, 7) is 13.6. The van der Waals surface area contributed by atoms with E-state index in [1.807, 2.05) is 0 Å². The number of nitrogens with zero attached hydrogens (tertiary/aromatic N) is 1. The third-order valence-corrected chi connectivity index (χ3v) is 9.76. The third kappa shape index (κ3) is 13.5. The molecule has 17 heteroatoms.